The van der Waals surface area contributed by atoms with Crippen molar-refractivity contribution in [3.63, 3.8) is 0 Å². The fourth-order valence-corrected chi connectivity index (χ4v) is 1.55. The second-order valence-corrected chi connectivity index (χ2v) is 3.99. The Kier molecular flexibility index (Phi) is 3.93. The van der Waals surface area contributed by atoms with Gasteiger partial charge in [-0.3, -0.25) is 9.20 Å². The second-order valence-electron chi connectivity index (χ2n) is 3.99. The number of aryl methyl sites for hydroxylation is 1. The first kappa shape index (κ1) is 12.6. The van der Waals surface area contributed by atoms with Crippen LogP contribution >= 0.6 is 0 Å². The lowest BCUT2D eigenvalue weighted by Crippen LogP contribution is -2.10. The molecule has 1 N–H and O–H groups in total. The van der Waals surface area contributed by atoms with Crippen molar-refractivity contribution in [1.82, 2.24) is 9.38 Å². The second kappa shape index (κ2) is 5.01. The average Bonchev–Trinajstić information content (AvgIpc) is 2.64. The van der Waals surface area contributed by atoms with Crippen molar-refractivity contribution < 1.29 is 0 Å². The van der Waals surface area contributed by atoms with Gasteiger partial charge in [-0.1, -0.05) is 27.7 Å². The van der Waals surface area contributed by atoms with Gasteiger partial charge in [-0.2, -0.15) is 0 Å². The minimum absolute atomic E-state index is 0.0307. The first-order valence-corrected chi connectivity index (χ1v) is 5.80. The number of nitrogens with one attached hydrogen (secondary N) is 1. The predicted molar refractivity (Wildman–Crippen MR) is 68.2 cm³/mol. The molecule has 2 rings (SSSR count). The molecule has 88 valence electrons. The minimum Gasteiger partial charge on any atom is -0.343 e. The van der Waals surface area contributed by atoms with Crippen LogP contribution in [-0.4, -0.2) is 9.38 Å². The molecule has 0 spiro atoms. The summed E-state index contributed by atoms with van der Waals surface area (Å²) in [5.74, 6) is 0.412. The SMILES string of the molecule is CC.Cc1cc(=O)n2cc(C(C)C)[nH]c2c1. The number of hydrogen-bond donors (Lipinski definition) is 1. The third kappa shape index (κ3) is 2.35. The van der Waals surface area contributed by atoms with Gasteiger partial charge in [0.25, 0.3) is 5.56 Å². The fraction of sp³-hybridized carbons (Fsp3) is 0.462. The summed E-state index contributed by atoms with van der Waals surface area (Å²) in [4.78, 5) is 14.8. The van der Waals surface area contributed by atoms with Gasteiger partial charge in [0.2, 0.25) is 0 Å². The molecule has 3 nitrogen and oxygen atoms in total. The molecule has 0 aliphatic heterocycles. The summed E-state index contributed by atoms with van der Waals surface area (Å²) in [6.07, 6.45) is 1.88. The number of nitrogens with zero attached hydrogens (tertiary/aromatic N) is 1. The van der Waals surface area contributed by atoms with Gasteiger partial charge in [0.15, 0.2) is 0 Å². The van der Waals surface area contributed by atoms with Crippen LogP contribution in [0.5, 0.6) is 0 Å². The van der Waals surface area contributed by atoms with Crippen molar-refractivity contribution in [2.45, 2.75) is 40.5 Å². The molecule has 0 aliphatic rings. The Morgan fingerprint density at radius 1 is 1.25 bits per heavy atom. The van der Waals surface area contributed by atoms with Crippen LogP contribution in [0.15, 0.2) is 23.1 Å². The zero-order valence-electron chi connectivity index (χ0n) is 10.7. The standard InChI is InChI=1S/C11H14N2O.C2H6/c1-7(2)9-6-13-10(12-9)4-8(3)5-11(13)14;1-2/h4-7,12H,1-3H3;1-2H3. The summed E-state index contributed by atoms with van der Waals surface area (Å²) in [6.45, 7) is 10.1. The van der Waals surface area contributed by atoms with Crippen LogP contribution in [0.3, 0.4) is 0 Å². The molecule has 0 aromatic carbocycles. The lowest BCUT2D eigenvalue weighted by molar-refractivity contribution is 0.833. The fourth-order valence-electron chi connectivity index (χ4n) is 1.55. The molecular weight excluding hydrogens is 200 g/mol. The summed E-state index contributed by atoms with van der Waals surface area (Å²) in [5.41, 5.74) is 2.99. The number of imidazole rings is 1. The molecule has 0 unspecified atom stereocenters. The van der Waals surface area contributed by atoms with E-state index in [2.05, 4.69) is 18.8 Å². The van der Waals surface area contributed by atoms with Crippen LogP contribution < -0.4 is 5.56 Å². The Morgan fingerprint density at radius 2 is 1.88 bits per heavy atom. The van der Waals surface area contributed by atoms with Crippen molar-refractivity contribution >= 4 is 5.65 Å². The van der Waals surface area contributed by atoms with Gasteiger partial charge in [0, 0.05) is 18.0 Å². The number of rotatable bonds is 1. The zero-order chi connectivity index (χ0) is 12.3. The first-order valence-electron chi connectivity index (χ1n) is 5.80. The van der Waals surface area contributed by atoms with E-state index in [0.717, 1.165) is 16.9 Å². The van der Waals surface area contributed by atoms with Crippen molar-refractivity contribution in [1.29, 1.82) is 0 Å². The van der Waals surface area contributed by atoms with E-state index in [-0.39, 0.29) is 5.56 Å². The molecule has 2 aromatic heterocycles. The van der Waals surface area contributed by atoms with E-state index >= 15 is 0 Å². The monoisotopic (exact) mass is 220 g/mol. The summed E-state index contributed by atoms with van der Waals surface area (Å²) in [5, 5.41) is 0. The molecule has 0 saturated carbocycles. The highest BCUT2D eigenvalue weighted by molar-refractivity contribution is 5.42. The van der Waals surface area contributed by atoms with E-state index in [1.807, 2.05) is 33.0 Å². The maximum Gasteiger partial charge on any atom is 0.256 e. The third-order valence-electron chi connectivity index (χ3n) is 2.38. The number of aromatic nitrogens is 2. The van der Waals surface area contributed by atoms with Crippen molar-refractivity contribution in [3.05, 3.63) is 39.9 Å². The van der Waals surface area contributed by atoms with Crippen LogP contribution in [-0.2, 0) is 0 Å². The normalized spacial score (nSPS) is 10.4. The summed E-state index contributed by atoms with van der Waals surface area (Å²) >= 11 is 0. The summed E-state index contributed by atoms with van der Waals surface area (Å²) < 4.78 is 1.66. The molecule has 0 atom stereocenters. The van der Waals surface area contributed by atoms with E-state index in [1.54, 1.807) is 10.5 Å². The molecule has 0 amide bonds. The Balaban J connectivity index is 0.000000606. The van der Waals surface area contributed by atoms with Crippen molar-refractivity contribution in [2.75, 3.05) is 0 Å². The molecule has 0 aliphatic carbocycles. The van der Waals surface area contributed by atoms with Gasteiger partial charge in [0.05, 0.1) is 0 Å². The van der Waals surface area contributed by atoms with E-state index in [4.69, 9.17) is 0 Å². The number of hydrogen-bond acceptors (Lipinski definition) is 1. The highest BCUT2D eigenvalue weighted by Gasteiger charge is 2.05. The van der Waals surface area contributed by atoms with Crippen molar-refractivity contribution in [3.8, 4) is 0 Å². The molecule has 2 heterocycles. The van der Waals surface area contributed by atoms with Crippen LogP contribution in [0.4, 0.5) is 0 Å². The molecular formula is C13H20N2O. The van der Waals surface area contributed by atoms with E-state index in [9.17, 15) is 4.79 Å². The summed E-state index contributed by atoms with van der Waals surface area (Å²) in [7, 11) is 0. The number of aromatic amines is 1. The summed E-state index contributed by atoms with van der Waals surface area (Å²) in [6, 6.07) is 3.62. The highest BCUT2D eigenvalue weighted by Crippen LogP contribution is 2.13. The van der Waals surface area contributed by atoms with Crippen LogP contribution in [0, 0.1) is 6.92 Å². The number of fused-ring (bicyclic) bond motifs is 1. The predicted octanol–water partition coefficient (Wildman–Crippen LogP) is 3.09. The quantitative estimate of drug-likeness (QED) is 0.787. The topological polar surface area (TPSA) is 37.3 Å². The zero-order valence-corrected chi connectivity index (χ0v) is 10.7. The van der Waals surface area contributed by atoms with Gasteiger partial charge < -0.3 is 4.98 Å². The van der Waals surface area contributed by atoms with Crippen LogP contribution in [0.2, 0.25) is 0 Å². The van der Waals surface area contributed by atoms with Gasteiger partial charge in [-0.25, -0.2) is 0 Å². The largest absolute Gasteiger partial charge is 0.343 e. The van der Waals surface area contributed by atoms with Gasteiger partial charge in [-0.05, 0) is 24.5 Å². The van der Waals surface area contributed by atoms with Gasteiger partial charge in [-0.15, -0.1) is 0 Å². The van der Waals surface area contributed by atoms with Crippen LogP contribution in [0.1, 0.15) is 44.9 Å². The molecule has 0 fully saturated rings. The Morgan fingerprint density at radius 3 is 2.44 bits per heavy atom. The Labute approximate surface area is 96.1 Å². The number of H-pyrrole nitrogens is 1. The molecule has 16 heavy (non-hydrogen) atoms. The van der Waals surface area contributed by atoms with E-state index < -0.39 is 0 Å². The third-order valence-corrected chi connectivity index (χ3v) is 2.38. The average molecular weight is 220 g/mol. The lowest BCUT2D eigenvalue weighted by atomic mass is 10.2. The van der Waals surface area contributed by atoms with Crippen molar-refractivity contribution in [2.24, 2.45) is 0 Å². The highest BCUT2D eigenvalue weighted by atomic mass is 16.1. The van der Waals surface area contributed by atoms with Crippen LogP contribution in [0.25, 0.3) is 5.65 Å². The maximum absolute atomic E-state index is 11.6. The smallest absolute Gasteiger partial charge is 0.256 e. The molecule has 0 bridgehead atoms. The molecule has 0 radical (unpaired) electrons. The van der Waals surface area contributed by atoms with Gasteiger partial charge in [0.1, 0.15) is 5.65 Å². The lowest BCUT2D eigenvalue weighted by Gasteiger charge is -1.96. The Hall–Kier alpha value is -1.51. The Bertz CT molecular complexity index is 520. The minimum atomic E-state index is 0.0307. The number of pyridine rings is 1. The maximum atomic E-state index is 11.6. The first-order chi connectivity index (χ1) is 7.58. The van der Waals surface area contributed by atoms with E-state index in [1.165, 1.54) is 0 Å². The molecule has 0 saturated heterocycles. The van der Waals surface area contributed by atoms with Gasteiger partial charge >= 0.3 is 0 Å². The molecule has 3 heteroatoms. The van der Waals surface area contributed by atoms with E-state index in [0.29, 0.717) is 5.92 Å². The molecule has 2 aromatic rings.